The smallest absolute Gasteiger partial charge is 0.0833 e. The molecule has 2 heterocycles. The zero-order valence-electron chi connectivity index (χ0n) is 5.92. The van der Waals surface area contributed by atoms with Crippen LogP contribution in [0.4, 0.5) is 0 Å². The van der Waals surface area contributed by atoms with Gasteiger partial charge in [0.2, 0.25) is 0 Å². The standard InChI is InChI=1S/C6H13N3O/c7-5-1-6(3-10-4-6)9(8)2-5/h5H,1-4,7-8H2. The Morgan fingerprint density at radius 3 is 2.40 bits per heavy atom. The molecule has 4 heteroatoms. The van der Waals surface area contributed by atoms with E-state index >= 15 is 0 Å². The van der Waals surface area contributed by atoms with Gasteiger partial charge in [-0.15, -0.1) is 0 Å². The van der Waals surface area contributed by atoms with E-state index in [2.05, 4.69) is 0 Å². The summed E-state index contributed by atoms with van der Waals surface area (Å²) < 4.78 is 5.10. The third-order valence-electron chi connectivity index (χ3n) is 2.42. The van der Waals surface area contributed by atoms with Gasteiger partial charge in [-0.1, -0.05) is 0 Å². The molecule has 0 aliphatic carbocycles. The normalized spacial score (nSPS) is 38.4. The van der Waals surface area contributed by atoms with Crippen molar-refractivity contribution in [1.82, 2.24) is 5.01 Å². The summed E-state index contributed by atoms with van der Waals surface area (Å²) in [5, 5.41) is 1.83. The molecule has 4 N–H and O–H groups in total. The molecule has 2 rings (SSSR count). The highest BCUT2D eigenvalue weighted by Crippen LogP contribution is 2.32. The van der Waals surface area contributed by atoms with Crippen LogP contribution in [0.5, 0.6) is 0 Å². The molecule has 0 radical (unpaired) electrons. The maximum absolute atomic E-state index is 5.74. The van der Waals surface area contributed by atoms with E-state index in [-0.39, 0.29) is 11.6 Å². The number of nitrogens with zero attached hydrogens (tertiary/aromatic N) is 1. The Bertz CT molecular complexity index is 146. The van der Waals surface area contributed by atoms with Crippen LogP contribution in [0.15, 0.2) is 0 Å². The predicted octanol–water partition coefficient (Wildman–Crippen LogP) is -1.34. The number of hydrazine groups is 1. The fourth-order valence-electron chi connectivity index (χ4n) is 1.74. The minimum Gasteiger partial charge on any atom is -0.377 e. The van der Waals surface area contributed by atoms with E-state index < -0.39 is 0 Å². The molecular weight excluding hydrogens is 130 g/mol. The van der Waals surface area contributed by atoms with Crippen LogP contribution in [-0.2, 0) is 4.74 Å². The molecule has 2 aliphatic heterocycles. The monoisotopic (exact) mass is 143 g/mol. The highest BCUT2D eigenvalue weighted by molar-refractivity contribution is 5.03. The van der Waals surface area contributed by atoms with Gasteiger partial charge >= 0.3 is 0 Å². The molecule has 1 atom stereocenters. The molecule has 0 aromatic carbocycles. The average molecular weight is 143 g/mol. The van der Waals surface area contributed by atoms with Crippen molar-refractivity contribution in [1.29, 1.82) is 0 Å². The number of rotatable bonds is 0. The zero-order chi connectivity index (χ0) is 7.19. The van der Waals surface area contributed by atoms with Crippen molar-refractivity contribution in [3.63, 3.8) is 0 Å². The lowest BCUT2D eigenvalue weighted by molar-refractivity contribution is -0.123. The Kier molecular flexibility index (Phi) is 1.25. The minimum absolute atomic E-state index is 0.111. The van der Waals surface area contributed by atoms with Gasteiger partial charge in [0.15, 0.2) is 0 Å². The minimum atomic E-state index is 0.111. The number of hydrogen-bond donors (Lipinski definition) is 2. The molecule has 1 unspecified atom stereocenters. The van der Waals surface area contributed by atoms with Crippen molar-refractivity contribution in [2.24, 2.45) is 11.6 Å². The zero-order valence-corrected chi connectivity index (χ0v) is 5.92. The van der Waals surface area contributed by atoms with Crippen molar-refractivity contribution in [3.05, 3.63) is 0 Å². The highest BCUT2D eigenvalue weighted by Gasteiger charge is 2.48. The predicted molar refractivity (Wildman–Crippen MR) is 37.0 cm³/mol. The van der Waals surface area contributed by atoms with Crippen molar-refractivity contribution in [3.8, 4) is 0 Å². The van der Waals surface area contributed by atoms with Crippen molar-refractivity contribution >= 4 is 0 Å². The number of hydrogen-bond acceptors (Lipinski definition) is 4. The van der Waals surface area contributed by atoms with Crippen molar-refractivity contribution in [2.75, 3.05) is 19.8 Å². The van der Waals surface area contributed by atoms with Crippen molar-refractivity contribution < 1.29 is 4.74 Å². The summed E-state index contributed by atoms with van der Waals surface area (Å²) in [7, 11) is 0. The van der Waals surface area contributed by atoms with Crippen LogP contribution in [0.1, 0.15) is 6.42 Å². The lowest BCUT2D eigenvalue weighted by Gasteiger charge is -2.42. The average Bonchev–Trinajstić information content (AvgIpc) is 2.04. The summed E-state index contributed by atoms with van der Waals surface area (Å²) in [4.78, 5) is 0. The second-order valence-corrected chi connectivity index (χ2v) is 3.33. The molecule has 0 aromatic heterocycles. The fourth-order valence-corrected chi connectivity index (χ4v) is 1.74. The van der Waals surface area contributed by atoms with Crippen LogP contribution in [0.3, 0.4) is 0 Å². The maximum Gasteiger partial charge on any atom is 0.0833 e. The Labute approximate surface area is 60.1 Å². The number of nitrogens with two attached hydrogens (primary N) is 2. The molecule has 4 nitrogen and oxygen atoms in total. The van der Waals surface area contributed by atoms with Crippen LogP contribution >= 0.6 is 0 Å². The molecule has 1 spiro atoms. The first-order valence-electron chi connectivity index (χ1n) is 3.59. The molecule has 0 saturated carbocycles. The lowest BCUT2D eigenvalue weighted by atomic mass is 9.94. The van der Waals surface area contributed by atoms with Gasteiger partial charge in [0.1, 0.15) is 0 Å². The first-order chi connectivity index (χ1) is 4.73. The fraction of sp³-hybridized carbons (Fsp3) is 1.00. The summed E-state index contributed by atoms with van der Waals surface area (Å²) in [6, 6.07) is 0.244. The molecule has 2 fully saturated rings. The molecule has 0 aromatic rings. The summed E-state index contributed by atoms with van der Waals surface area (Å²) in [5.74, 6) is 5.74. The first-order valence-corrected chi connectivity index (χ1v) is 3.59. The van der Waals surface area contributed by atoms with Gasteiger partial charge in [0.25, 0.3) is 0 Å². The van der Waals surface area contributed by atoms with Gasteiger partial charge < -0.3 is 10.5 Å². The molecule has 10 heavy (non-hydrogen) atoms. The second-order valence-electron chi connectivity index (χ2n) is 3.33. The van der Waals surface area contributed by atoms with Gasteiger partial charge in [-0.25, -0.2) is 5.01 Å². The summed E-state index contributed by atoms with van der Waals surface area (Å²) in [6.07, 6.45) is 0.990. The third kappa shape index (κ3) is 0.703. The van der Waals surface area contributed by atoms with E-state index in [0.717, 1.165) is 26.2 Å². The topological polar surface area (TPSA) is 64.5 Å². The van der Waals surface area contributed by atoms with Crippen LogP contribution < -0.4 is 11.6 Å². The molecule has 2 aliphatic rings. The summed E-state index contributed by atoms with van der Waals surface area (Å²) in [6.45, 7) is 2.33. The van der Waals surface area contributed by atoms with Crippen LogP contribution in [-0.4, -0.2) is 36.3 Å². The molecular formula is C6H13N3O. The SMILES string of the molecule is NC1CN(N)C2(COC2)C1. The van der Waals surface area contributed by atoms with Gasteiger partial charge in [0.05, 0.1) is 18.8 Å². The van der Waals surface area contributed by atoms with E-state index in [0.29, 0.717) is 0 Å². The summed E-state index contributed by atoms with van der Waals surface area (Å²) in [5.41, 5.74) is 5.84. The van der Waals surface area contributed by atoms with E-state index in [1.54, 1.807) is 0 Å². The molecule has 2 saturated heterocycles. The number of ether oxygens (including phenoxy) is 1. The van der Waals surface area contributed by atoms with Gasteiger partial charge in [-0.3, -0.25) is 5.84 Å². The summed E-state index contributed by atoms with van der Waals surface area (Å²) >= 11 is 0. The lowest BCUT2D eigenvalue weighted by Crippen LogP contribution is -2.61. The Morgan fingerprint density at radius 1 is 1.50 bits per heavy atom. The third-order valence-corrected chi connectivity index (χ3v) is 2.42. The van der Waals surface area contributed by atoms with E-state index in [1.807, 2.05) is 5.01 Å². The first kappa shape index (κ1) is 6.54. The van der Waals surface area contributed by atoms with Gasteiger partial charge in [0, 0.05) is 12.6 Å². The Balaban J connectivity index is 2.08. The van der Waals surface area contributed by atoms with Crippen LogP contribution in [0.2, 0.25) is 0 Å². The molecule has 0 amide bonds. The second kappa shape index (κ2) is 1.92. The quantitative estimate of drug-likeness (QED) is 0.412. The van der Waals surface area contributed by atoms with Gasteiger partial charge in [-0.05, 0) is 6.42 Å². The van der Waals surface area contributed by atoms with Crippen molar-refractivity contribution in [2.45, 2.75) is 18.0 Å². The van der Waals surface area contributed by atoms with E-state index in [4.69, 9.17) is 16.3 Å². The van der Waals surface area contributed by atoms with Gasteiger partial charge in [-0.2, -0.15) is 0 Å². The molecule has 0 bridgehead atoms. The largest absolute Gasteiger partial charge is 0.377 e. The Morgan fingerprint density at radius 2 is 2.20 bits per heavy atom. The van der Waals surface area contributed by atoms with Crippen LogP contribution in [0, 0.1) is 0 Å². The van der Waals surface area contributed by atoms with E-state index in [1.165, 1.54) is 0 Å². The maximum atomic E-state index is 5.74. The van der Waals surface area contributed by atoms with E-state index in [9.17, 15) is 0 Å². The molecule has 58 valence electrons. The highest BCUT2D eigenvalue weighted by atomic mass is 16.5. The van der Waals surface area contributed by atoms with Crippen LogP contribution in [0.25, 0.3) is 0 Å². The Hall–Kier alpha value is -0.160.